The van der Waals surface area contributed by atoms with E-state index >= 15 is 0 Å². The zero-order chi connectivity index (χ0) is 12.2. The highest BCUT2D eigenvalue weighted by Gasteiger charge is 2.06. The van der Waals surface area contributed by atoms with Crippen LogP contribution < -0.4 is 5.32 Å². The van der Waals surface area contributed by atoms with Crippen molar-refractivity contribution < 1.29 is 19.1 Å². The topological polar surface area (TPSA) is 64.6 Å². The van der Waals surface area contributed by atoms with Gasteiger partial charge < -0.3 is 14.8 Å². The molecular weight excluding hydrogens is 210 g/mol. The molecule has 0 aromatic rings. The molecule has 0 fully saturated rings. The summed E-state index contributed by atoms with van der Waals surface area (Å²) in [6.45, 7) is 5.81. The van der Waals surface area contributed by atoms with Crippen LogP contribution in [0.3, 0.4) is 0 Å². The number of ether oxygens (including phenoxy) is 2. The summed E-state index contributed by atoms with van der Waals surface area (Å²) >= 11 is 0. The molecule has 0 saturated carbocycles. The lowest BCUT2D eigenvalue weighted by Crippen LogP contribution is -2.31. The van der Waals surface area contributed by atoms with Crippen LogP contribution in [0.25, 0.3) is 0 Å². The SMILES string of the molecule is C=CCOC(=O)NCC(=O)OCCCCC. The summed E-state index contributed by atoms with van der Waals surface area (Å²) in [4.78, 5) is 22.0. The van der Waals surface area contributed by atoms with Gasteiger partial charge in [0, 0.05) is 0 Å². The number of carbonyl (C=O) groups is 2. The molecule has 0 atom stereocenters. The van der Waals surface area contributed by atoms with Crippen LogP contribution in [-0.4, -0.2) is 31.8 Å². The van der Waals surface area contributed by atoms with Crippen LogP contribution in [0, 0.1) is 0 Å². The Labute approximate surface area is 95.8 Å². The van der Waals surface area contributed by atoms with Crippen molar-refractivity contribution in [2.24, 2.45) is 0 Å². The minimum Gasteiger partial charge on any atom is -0.464 e. The molecule has 92 valence electrons. The van der Waals surface area contributed by atoms with E-state index in [4.69, 9.17) is 4.74 Å². The van der Waals surface area contributed by atoms with Crippen molar-refractivity contribution in [1.82, 2.24) is 5.32 Å². The van der Waals surface area contributed by atoms with Crippen molar-refractivity contribution in [3.8, 4) is 0 Å². The summed E-state index contributed by atoms with van der Waals surface area (Å²) in [6.07, 6.45) is 3.75. The molecule has 0 aliphatic heterocycles. The lowest BCUT2D eigenvalue weighted by molar-refractivity contribution is -0.142. The van der Waals surface area contributed by atoms with Gasteiger partial charge >= 0.3 is 12.1 Å². The highest BCUT2D eigenvalue weighted by molar-refractivity contribution is 5.77. The Morgan fingerprint density at radius 1 is 1.31 bits per heavy atom. The number of carbonyl (C=O) groups excluding carboxylic acids is 2. The molecule has 0 aromatic carbocycles. The number of hydrogen-bond acceptors (Lipinski definition) is 4. The summed E-state index contributed by atoms with van der Waals surface area (Å²) in [7, 11) is 0. The fourth-order valence-electron chi connectivity index (χ4n) is 0.919. The highest BCUT2D eigenvalue weighted by Crippen LogP contribution is 1.94. The average Bonchev–Trinajstić information content (AvgIpc) is 2.29. The maximum absolute atomic E-state index is 11.1. The van der Waals surface area contributed by atoms with E-state index in [1.807, 2.05) is 0 Å². The fraction of sp³-hybridized carbons (Fsp3) is 0.636. The van der Waals surface area contributed by atoms with Gasteiger partial charge in [-0.05, 0) is 6.42 Å². The maximum Gasteiger partial charge on any atom is 0.407 e. The number of esters is 1. The fourth-order valence-corrected chi connectivity index (χ4v) is 0.919. The Morgan fingerprint density at radius 3 is 2.69 bits per heavy atom. The minimum atomic E-state index is -0.648. The molecule has 5 heteroatoms. The van der Waals surface area contributed by atoms with Gasteiger partial charge in [-0.3, -0.25) is 4.79 Å². The van der Waals surface area contributed by atoms with Gasteiger partial charge in [0.1, 0.15) is 13.2 Å². The first-order valence-electron chi connectivity index (χ1n) is 5.37. The molecule has 0 aromatic heterocycles. The van der Waals surface area contributed by atoms with Gasteiger partial charge in [0.25, 0.3) is 0 Å². The standard InChI is InChI=1S/C11H19NO4/c1-3-5-6-8-15-10(13)9-12-11(14)16-7-4-2/h4H,2-3,5-9H2,1H3,(H,12,14). The van der Waals surface area contributed by atoms with Crippen LogP contribution in [0.4, 0.5) is 4.79 Å². The van der Waals surface area contributed by atoms with Crippen LogP contribution in [0.15, 0.2) is 12.7 Å². The number of hydrogen-bond donors (Lipinski definition) is 1. The van der Waals surface area contributed by atoms with E-state index in [-0.39, 0.29) is 13.2 Å². The minimum absolute atomic E-state index is 0.122. The quantitative estimate of drug-likeness (QED) is 0.390. The number of amides is 1. The van der Waals surface area contributed by atoms with Gasteiger partial charge in [0.2, 0.25) is 0 Å². The van der Waals surface area contributed by atoms with E-state index in [9.17, 15) is 9.59 Å². The second-order valence-corrected chi connectivity index (χ2v) is 3.17. The Balaban J connectivity index is 3.42. The first kappa shape index (κ1) is 14.5. The normalized spacial score (nSPS) is 9.31. The molecule has 0 saturated heterocycles. The summed E-state index contributed by atoms with van der Waals surface area (Å²) in [6, 6.07) is 0. The van der Waals surface area contributed by atoms with Crippen molar-refractivity contribution in [1.29, 1.82) is 0 Å². The summed E-state index contributed by atoms with van der Waals surface area (Å²) in [5, 5.41) is 2.27. The summed E-state index contributed by atoms with van der Waals surface area (Å²) in [5.74, 6) is -0.452. The molecule has 0 heterocycles. The van der Waals surface area contributed by atoms with Crippen molar-refractivity contribution >= 4 is 12.1 Å². The van der Waals surface area contributed by atoms with Crippen LogP contribution in [0.2, 0.25) is 0 Å². The number of alkyl carbamates (subject to hydrolysis) is 1. The molecule has 16 heavy (non-hydrogen) atoms. The molecule has 0 aliphatic rings. The van der Waals surface area contributed by atoms with Crippen LogP contribution in [0.5, 0.6) is 0 Å². The third-order valence-electron chi connectivity index (χ3n) is 1.72. The molecule has 0 radical (unpaired) electrons. The Kier molecular flexibility index (Phi) is 9.06. The smallest absolute Gasteiger partial charge is 0.407 e. The zero-order valence-corrected chi connectivity index (χ0v) is 9.66. The van der Waals surface area contributed by atoms with Crippen molar-refractivity contribution in [2.75, 3.05) is 19.8 Å². The Hall–Kier alpha value is -1.52. The van der Waals surface area contributed by atoms with E-state index in [1.165, 1.54) is 6.08 Å². The third kappa shape index (κ3) is 9.05. The first-order valence-corrected chi connectivity index (χ1v) is 5.37. The van der Waals surface area contributed by atoms with Gasteiger partial charge in [-0.2, -0.15) is 0 Å². The molecule has 1 amide bonds. The van der Waals surface area contributed by atoms with Crippen molar-refractivity contribution in [3.05, 3.63) is 12.7 Å². The highest BCUT2D eigenvalue weighted by atomic mass is 16.6. The predicted molar refractivity (Wildman–Crippen MR) is 60.0 cm³/mol. The lowest BCUT2D eigenvalue weighted by Gasteiger charge is -2.06. The first-order chi connectivity index (χ1) is 7.70. The number of unbranched alkanes of at least 4 members (excludes halogenated alkanes) is 2. The van der Waals surface area contributed by atoms with Gasteiger partial charge in [-0.25, -0.2) is 4.79 Å². The molecule has 0 aliphatic carbocycles. The van der Waals surface area contributed by atoms with Gasteiger partial charge in [-0.1, -0.05) is 32.4 Å². The molecule has 0 bridgehead atoms. The average molecular weight is 229 g/mol. The number of nitrogens with one attached hydrogen (secondary N) is 1. The molecule has 0 unspecified atom stereocenters. The lowest BCUT2D eigenvalue weighted by atomic mass is 10.3. The Bertz CT molecular complexity index is 228. The second kappa shape index (κ2) is 10.0. The maximum atomic E-state index is 11.1. The van der Waals surface area contributed by atoms with E-state index in [1.54, 1.807) is 0 Å². The van der Waals surface area contributed by atoms with Gasteiger partial charge in [0.05, 0.1) is 6.61 Å². The molecule has 0 rings (SSSR count). The van der Waals surface area contributed by atoms with Crippen LogP contribution in [0.1, 0.15) is 26.2 Å². The molecule has 5 nitrogen and oxygen atoms in total. The Morgan fingerprint density at radius 2 is 2.06 bits per heavy atom. The molecule has 1 N–H and O–H groups in total. The number of rotatable bonds is 8. The molecule has 0 spiro atoms. The molecular formula is C11H19NO4. The van der Waals surface area contributed by atoms with E-state index in [0.717, 1.165) is 19.3 Å². The van der Waals surface area contributed by atoms with Crippen LogP contribution in [-0.2, 0) is 14.3 Å². The predicted octanol–water partition coefficient (Wildman–Crippen LogP) is 1.63. The largest absolute Gasteiger partial charge is 0.464 e. The monoisotopic (exact) mass is 229 g/mol. The zero-order valence-electron chi connectivity index (χ0n) is 9.66. The summed E-state index contributed by atoms with van der Waals surface area (Å²) in [5.41, 5.74) is 0. The van der Waals surface area contributed by atoms with E-state index < -0.39 is 12.1 Å². The summed E-state index contributed by atoms with van der Waals surface area (Å²) < 4.78 is 9.48. The second-order valence-electron chi connectivity index (χ2n) is 3.17. The van der Waals surface area contributed by atoms with Crippen molar-refractivity contribution in [3.63, 3.8) is 0 Å². The van der Waals surface area contributed by atoms with Gasteiger partial charge in [0.15, 0.2) is 0 Å². The van der Waals surface area contributed by atoms with Crippen molar-refractivity contribution in [2.45, 2.75) is 26.2 Å². The third-order valence-corrected chi connectivity index (χ3v) is 1.72. The van der Waals surface area contributed by atoms with Crippen LogP contribution >= 0.6 is 0 Å². The van der Waals surface area contributed by atoms with E-state index in [2.05, 4.69) is 23.6 Å². The van der Waals surface area contributed by atoms with E-state index in [0.29, 0.717) is 6.61 Å². The van der Waals surface area contributed by atoms with Gasteiger partial charge in [-0.15, -0.1) is 0 Å².